The van der Waals surface area contributed by atoms with Crippen molar-refractivity contribution in [1.29, 1.82) is 0 Å². The molecule has 0 aliphatic carbocycles. The van der Waals surface area contributed by atoms with Gasteiger partial charge in [-0.2, -0.15) is 0 Å². The quantitative estimate of drug-likeness (QED) is 0.745. The highest BCUT2D eigenvalue weighted by Crippen LogP contribution is 2.15. The van der Waals surface area contributed by atoms with E-state index in [0.717, 1.165) is 6.42 Å². The van der Waals surface area contributed by atoms with Crippen molar-refractivity contribution in [2.45, 2.75) is 44.6 Å². The first-order valence-electron chi connectivity index (χ1n) is 7.80. The third-order valence-electron chi connectivity index (χ3n) is 3.72. The fraction of sp³-hybridized carbons (Fsp3) is 0.562. The summed E-state index contributed by atoms with van der Waals surface area (Å²) in [5.41, 5.74) is 0. The van der Waals surface area contributed by atoms with Crippen molar-refractivity contribution in [2.24, 2.45) is 0 Å². The Morgan fingerprint density at radius 2 is 1.87 bits per heavy atom. The fourth-order valence-electron chi connectivity index (χ4n) is 1.95. The van der Waals surface area contributed by atoms with Crippen molar-refractivity contribution >= 4 is 15.9 Å². The Morgan fingerprint density at radius 3 is 2.39 bits per heavy atom. The molecule has 7 heteroatoms. The van der Waals surface area contributed by atoms with Gasteiger partial charge in [0.05, 0.1) is 11.5 Å². The van der Waals surface area contributed by atoms with Crippen LogP contribution in [-0.4, -0.2) is 45.5 Å². The van der Waals surface area contributed by atoms with Crippen LogP contribution in [-0.2, 0) is 14.8 Å². The largest absolute Gasteiger partial charge is 0.494 e. The topological polar surface area (TPSA) is 75.7 Å². The molecule has 23 heavy (non-hydrogen) atoms. The zero-order chi connectivity index (χ0) is 17.5. The van der Waals surface area contributed by atoms with E-state index in [4.69, 9.17) is 4.74 Å². The first-order valence-corrected chi connectivity index (χ1v) is 9.28. The molecule has 0 fully saturated rings. The highest BCUT2D eigenvalue weighted by molar-refractivity contribution is 7.89. The van der Waals surface area contributed by atoms with Crippen LogP contribution < -0.4 is 9.46 Å². The van der Waals surface area contributed by atoms with Crippen LogP contribution in [0.4, 0.5) is 0 Å². The molecule has 0 saturated heterocycles. The molecule has 1 aromatic carbocycles. The first kappa shape index (κ1) is 19.4. The average molecular weight is 342 g/mol. The summed E-state index contributed by atoms with van der Waals surface area (Å²) in [5.74, 6) is 0.547. The van der Waals surface area contributed by atoms with E-state index in [9.17, 15) is 13.2 Å². The molecule has 1 aromatic rings. The molecule has 1 atom stereocenters. The summed E-state index contributed by atoms with van der Waals surface area (Å²) in [5, 5.41) is 0. The predicted molar refractivity (Wildman–Crippen MR) is 89.9 cm³/mol. The molecule has 1 amide bonds. The molecule has 0 aliphatic rings. The lowest BCUT2D eigenvalue weighted by molar-refractivity contribution is -0.131. The fourth-order valence-corrected chi connectivity index (χ4v) is 2.99. The number of ether oxygens (including phenoxy) is 1. The minimum Gasteiger partial charge on any atom is -0.494 e. The third-order valence-corrected chi connectivity index (χ3v) is 5.20. The molecule has 0 aliphatic heterocycles. The van der Waals surface area contributed by atoms with Crippen molar-refractivity contribution in [3.8, 4) is 5.75 Å². The van der Waals surface area contributed by atoms with Gasteiger partial charge in [0.1, 0.15) is 5.75 Å². The highest BCUT2D eigenvalue weighted by atomic mass is 32.2. The molecule has 6 nitrogen and oxygen atoms in total. The number of carbonyl (C=O) groups is 1. The number of hydrogen-bond donors (Lipinski definition) is 1. The van der Waals surface area contributed by atoms with Gasteiger partial charge in [-0.25, -0.2) is 13.1 Å². The van der Waals surface area contributed by atoms with Gasteiger partial charge in [-0.15, -0.1) is 0 Å². The summed E-state index contributed by atoms with van der Waals surface area (Å²) >= 11 is 0. The lowest BCUT2D eigenvalue weighted by atomic mass is 10.2. The molecular formula is C16H26N2O4S. The van der Waals surface area contributed by atoms with Crippen LogP contribution in [0.1, 0.15) is 33.6 Å². The van der Waals surface area contributed by atoms with Crippen molar-refractivity contribution < 1.29 is 17.9 Å². The van der Waals surface area contributed by atoms with Crippen LogP contribution in [0.25, 0.3) is 0 Å². The van der Waals surface area contributed by atoms with Gasteiger partial charge < -0.3 is 9.64 Å². The zero-order valence-electron chi connectivity index (χ0n) is 14.2. The van der Waals surface area contributed by atoms with E-state index in [1.54, 1.807) is 24.1 Å². The molecule has 0 spiro atoms. The Bertz CT molecular complexity index is 599. The van der Waals surface area contributed by atoms with E-state index in [0.29, 0.717) is 12.4 Å². The SMILES string of the molecule is CCOc1ccc(S(=O)(=O)NCCC(=O)N(C)C(C)CC)cc1. The number of amides is 1. The Labute approximate surface area is 138 Å². The van der Waals surface area contributed by atoms with Crippen LogP contribution in [0.5, 0.6) is 5.75 Å². The van der Waals surface area contributed by atoms with E-state index < -0.39 is 10.0 Å². The molecule has 0 bridgehead atoms. The van der Waals surface area contributed by atoms with Crippen molar-refractivity contribution in [3.05, 3.63) is 24.3 Å². The molecular weight excluding hydrogens is 316 g/mol. The van der Waals surface area contributed by atoms with Crippen molar-refractivity contribution in [3.63, 3.8) is 0 Å². The van der Waals surface area contributed by atoms with Crippen LogP contribution in [0.3, 0.4) is 0 Å². The highest BCUT2D eigenvalue weighted by Gasteiger charge is 2.17. The number of hydrogen-bond acceptors (Lipinski definition) is 4. The van der Waals surface area contributed by atoms with Crippen LogP contribution in [0.2, 0.25) is 0 Å². The maximum atomic E-state index is 12.2. The third kappa shape index (κ3) is 5.84. The normalized spacial score (nSPS) is 12.7. The van der Waals surface area contributed by atoms with Gasteiger partial charge in [0.15, 0.2) is 0 Å². The summed E-state index contributed by atoms with van der Waals surface area (Å²) in [4.78, 5) is 13.8. The lowest BCUT2D eigenvalue weighted by Crippen LogP contribution is -2.37. The molecule has 0 radical (unpaired) electrons. The van der Waals surface area contributed by atoms with Crippen LogP contribution >= 0.6 is 0 Å². The van der Waals surface area contributed by atoms with Crippen LogP contribution in [0, 0.1) is 0 Å². The summed E-state index contributed by atoms with van der Waals surface area (Å²) in [6.07, 6.45) is 0.997. The van der Waals surface area contributed by atoms with E-state index in [1.807, 2.05) is 20.8 Å². The molecule has 0 heterocycles. The summed E-state index contributed by atoms with van der Waals surface area (Å²) in [6.45, 7) is 6.43. The van der Waals surface area contributed by atoms with Crippen molar-refractivity contribution in [2.75, 3.05) is 20.2 Å². The van der Waals surface area contributed by atoms with Crippen molar-refractivity contribution in [1.82, 2.24) is 9.62 Å². The molecule has 130 valence electrons. The van der Waals surface area contributed by atoms with Gasteiger partial charge in [-0.3, -0.25) is 4.79 Å². The molecule has 1 N–H and O–H groups in total. The Hall–Kier alpha value is -1.60. The molecule has 1 unspecified atom stereocenters. The minimum atomic E-state index is -3.62. The number of carbonyl (C=O) groups excluding carboxylic acids is 1. The first-order chi connectivity index (χ1) is 10.8. The van der Waals surface area contributed by atoms with Gasteiger partial charge in [0.2, 0.25) is 15.9 Å². The smallest absolute Gasteiger partial charge is 0.240 e. The minimum absolute atomic E-state index is 0.0752. The van der Waals surface area contributed by atoms with E-state index in [-0.39, 0.29) is 29.8 Å². The maximum Gasteiger partial charge on any atom is 0.240 e. The van der Waals surface area contributed by atoms with Crippen LogP contribution in [0.15, 0.2) is 29.2 Å². The standard InChI is InChI=1S/C16H26N2O4S/c1-5-13(3)18(4)16(19)11-12-17-23(20,21)15-9-7-14(8-10-15)22-6-2/h7-10,13,17H,5-6,11-12H2,1-4H3. The summed E-state index contributed by atoms with van der Waals surface area (Å²) < 4.78 is 32.1. The van der Waals surface area contributed by atoms with Gasteiger partial charge in [-0.05, 0) is 44.5 Å². The number of nitrogens with one attached hydrogen (secondary N) is 1. The number of benzene rings is 1. The maximum absolute atomic E-state index is 12.2. The second-order valence-electron chi connectivity index (χ2n) is 5.31. The lowest BCUT2D eigenvalue weighted by Gasteiger charge is -2.23. The predicted octanol–water partition coefficient (Wildman–Crippen LogP) is 2.01. The molecule has 0 saturated carbocycles. The van der Waals surface area contributed by atoms with E-state index >= 15 is 0 Å². The zero-order valence-corrected chi connectivity index (χ0v) is 15.0. The van der Waals surface area contributed by atoms with Gasteiger partial charge in [-0.1, -0.05) is 6.92 Å². The molecule has 1 rings (SSSR count). The van der Waals surface area contributed by atoms with Gasteiger partial charge in [0.25, 0.3) is 0 Å². The van der Waals surface area contributed by atoms with Gasteiger partial charge in [0, 0.05) is 26.1 Å². The molecule has 0 aromatic heterocycles. The summed E-state index contributed by atoms with van der Waals surface area (Å²) in [7, 11) is -1.88. The van der Waals surface area contributed by atoms with E-state index in [1.165, 1.54) is 12.1 Å². The summed E-state index contributed by atoms with van der Waals surface area (Å²) in [6, 6.07) is 6.34. The Kier molecular flexibility index (Phi) is 7.51. The number of nitrogens with zero attached hydrogens (tertiary/aromatic N) is 1. The average Bonchev–Trinajstić information content (AvgIpc) is 2.54. The Morgan fingerprint density at radius 1 is 1.26 bits per heavy atom. The number of sulfonamides is 1. The second-order valence-corrected chi connectivity index (χ2v) is 7.08. The second kappa shape index (κ2) is 8.88. The van der Waals surface area contributed by atoms with Gasteiger partial charge >= 0.3 is 0 Å². The number of rotatable bonds is 9. The Balaban J connectivity index is 2.57. The monoisotopic (exact) mass is 342 g/mol. The van der Waals surface area contributed by atoms with E-state index in [2.05, 4.69) is 4.72 Å².